The molecule has 174 valence electrons. The molecule has 5 rings (SSSR count). The first-order valence-electron chi connectivity index (χ1n) is 11.1. The van der Waals surface area contributed by atoms with E-state index >= 15 is 0 Å². The van der Waals surface area contributed by atoms with E-state index in [4.69, 9.17) is 4.74 Å². The third-order valence-electron chi connectivity index (χ3n) is 6.15. The van der Waals surface area contributed by atoms with Crippen LogP contribution in [0.3, 0.4) is 0 Å². The lowest BCUT2D eigenvalue weighted by molar-refractivity contribution is -0.126. The second-order valence-electron chi connectivity index (χ2n) is 8.45. The maximum atomic E-state index is 13.8. The van der Waals surface area contributed by atoms with Crippen molar-refractivity contribution in [2.24, 2.45) is 0 Å². The SMILES string of the molecule is CCOc1ccc(N2C(=O)c3cc4ccsc4n3C[C@@]2(C)C(=O)NCc2ccc(F)cc2)cc1. The van der Waals surface area contributed by atoms with Gasteiger partial charge < -0.3 is 14.6 Å². The maximum absolute atomic E-state index is 13.8. The number of ether oxygens (including phenoxy) is 1. The first-order valence-corrected chi connectivity index (χ1v) is 12.0. The number of benzene rings is 2. The minimum atomic E-state index is -1.19. The van der Waals surface area contributed by atoms with Crippen molar-refractivity contribution in [3.8, 4) is 5.75 Å². The van der Waals surface area contributed by atoms with Crippen LogP contribution < -0.4 is 15.0 Å². The van der Waals surface area contributed by atoms with E-state index in [0.717, 1.165) is 15.8 Å². The third-order valence-corrected chi connectivity index (χ3v) is 7.10. The van der Waals surface area contributed by atoms with Crippen molar-refractivity contribution < 1.29 is 18.7 Å². The fourth-order valence-corrected chi connectivity index (χ4v) is 5.33. The number of carbonyl (C=O) groups excluding carboxylic acids is 2. The lowest BCUT2D eigenvalue weighted by Gasteiger charge is -2.44. The van der Waals surface area contributed by atoms with Gasteiger partial charge in [-0.25, -0.2) is 4.39 Å². The monoisotopic (exact) mass is 477 g/mol. The Morgan fingerprint density at radius 1 is 1.15 bits per heavy atom. The number of nitrogens with zero attached hydrogens (tertiary/aromatic N) is 2. The molecule has 0 radical (unpaired) electrons. The zero-order valence-corrected chi connectivity index (χ0v) is 19.7. The molecule has 1 aliphatic rings. The number of thiophene rings is 1. The van der Waals surface area contributed by atoms with Gasteiger partial charge in [0.05, 0.1) is 13.2 Å². The molecular weight excluding hydrogens is 453 g/mol. The highest BCUT2D eigenvalue weighted by Crippen LogP contribution is 2.37. The quantitative estimate of drug-likeness (QED) is 0.426. The highest BCUT2D eigenvalue weighted by molar-refractivity contribution is 7.16. The van der Waals surface area contributed by atoms with Gasteiger partial charge in [0.1, 0.15) is 27.6 Å². The largest absolute Gasteiger partial charge is 0.494 e. The van der Waals surface area contributed by atoms with E-state index in [1.807, 2.05) is 29.0 Å². The molecule has 4 aromatic rings. The van der Waals surface area contributed by atoms with E-state index in [1.54, 1.807) is 59.6 Å². The topological polar surface area (TPSA) is 63.6 Å². The van der Waals surface area contributed by atoms with Crippen molar-refractivity contribution in [1.82, 2.24) is 9.88 Å². The van der Waals surface area contributed by atoms with E-state index in [1.165, 1.54) is 12.1 Å². The summed E-state index contributed by atoms with van der Waals surface area (Å²) in [5, 5.41) is 5.92. The fourth-order valence-electron chi connectivity index (χ4n) is 4.44. The lowest BCUT2D eigenvalue weighted by Crippen LogP contribution is -2.64. The molecule has 6 nitrogen and oxygen atoms in total. The predicted octanol–water partition coefficient (Wildman–Crippen LogP) is 4.98. The number of halogens is 1. The van der Waals surface area contributed by atoms with Crippen LogP contribution in [0.5, 0.6) is 5.75 Å². The number of nitrogens with one attached hydrogen (secondary N) is 1. The van der Waals surface area contributed by atoms with Crippen LogP contribution in [0.25, 0.3) is 10.2 Å². The number of fused-ring (bicyclic) bond motifs is 3. The van der Waals surface area contributed by atoms with Crippen LogP contribution >= 0.6 is 11.3 Å². The molecule has 2 aromatic heterocycles. The molecule has 1 N–H and O–H groups in total. The van der Waals surface area contributed by atoms with Gasteiger partial charge in [-0.05, 0) is 73.3 Å². The summed E-state index contributed by atoms with van der Waals surface area (Å²) in [5.74, 6) is -0.162. The van der Waals surface area contributed by atoms with E-state index in [0.29, 0.717) is 30.3 Å². The lowest BCUT2D eigenvalue weighted by atomic mass is 9.93. The Balaban J connectivity index is 1.53. The number of hydrogen-bond donors (Lipinski definition) is 1. The maximum Gasteiger partial charge on any atom is 0.275 e. The molecular formula is C26H24FN3O3S. The van der Waals surface area contributed by atoms with Crippen LogP contribution in [-0.4, -0.2) is 28.5 Å². The van der Waals surface area contributed by atoms with Gasteiger partial charge in [0.2, 0.25) is 5.91 Å². The Labute approximate surface area is 200 Å². The van der Waals surface area contributed by atoms with Gasteiger partial charge in [0, 0.05) is 17.6 Å². The Morgan fingerprint density at radius 2 is 1.88 bits per heavy atom. The van der Waals surface area contributed by atoms with Crippen LogP contribution in [0.15, 0.2) is 66.0 Å². The molecule has 1 atom stereocenters. The summed E-state index contributed by atoms with van der Waals surface area (Å²) in [5.41, 5.74) is 0.756. The van der Waals surface area contributed by atoms with Gasteiger partial charge in [0.25, 0.3) is 5.91 Å². The Bertz CT molecular complexity index is 1360. The minimum absolute atomic E-state index is 0.229. The number of carbonyl (C=O) groups is 2. The van der Waals surface area contributed by atoms with Crippen molar-refractivity contribution in [3.05, 3.63) is 83.1 Å². The molecule has 3 heterocycles. The second kappa shape index (κ2) is 8.61. The van der Waals surface area contributed by atoms with Crippen LogP contribution in [0.2, 0.25) is 0 Å². The highest BCUT2D eigenvalue weighted by atomic mass is 32.1. The number of anilines is 1. The molecule has 1 aliphatic heterocycles. The Morgan fingerprint density at radius 3 is 2.59 bits per heavy atom. The van der Waals surface area contributed by atoms with E-state index in [2.05, 4.69) is 5.32 Å². The van der Waals surface area contributed by atoms with Gasteiger partial charge >= 0.3 is 0 Å². The summed E-state index contributed by atoms with van der Waals surface area (Å²) in [6.07, 6.45) is 0. The molecule has 0 unspecified atom stereocenters. The molecule has 2 amide bonds. The van der Waals surface area contributed by atoms with E-state index in [9.17, 15) is 14.0 Å². The summed E-state index contributed by atoms with van der Waals surface area (Å²) in [6, 6.07) is 17.0. The highest BCUT2D eigenvalue weighted by Gasteiger charge is 2.48. The number of hydrogen-bond acceptors (Lipinski definition) is 4. The van der Waals surface area contributed by atoms with Gasteiger partial charge in [-0.1, -0.05) is 12.1 Å². The molecule has 2 aromatic carbocycles. The van der Waals surface area contributed by atoms with E-state index < -0.39 is 5.54 Å². The number of amides is 2. The van der Waals surface area contributed by atoms with Crippen molar-refractivity contribution in [2.75, 3.05) is 11.5 Å². The molecule has 0 spiro atoms. The molecule has 0 bridgehead atoms. The third kappa shape index (κ3) is 3.74. The summed E-state index contributed by atoms with van der Waals surface area (Å²) in [6.45, 7) is 4.76. The van der Waals surface area contributed by atoms with Crippen LogP contribution in [0.1, 0.15) is 29.9 Å². The van der Waals surface area contributed by atoms with Crippen molar-refractivity contribution in [1.29, 1.82) is 0 Å². The zero-order chi connectivity index (χ0) is 23.9. The minimum Gasteiger partial charge on any atom is -0.494 e. The predicted molar refractivity (Wildman–Crippen MR) is 131 cm³/mol. The van der Waals surface area contributed by atoms with E-state index in [-0.39, 0.29) is 24.2 Å². The second-order valence-corrected chi connectivity index (χ2v) is 9.34. The Hall–Kier alpha value is -3.65. The fraction of sp³-hybridized carbons (Fsp3) is 0.231. The van der Waals surface area contributed by atoms with Gasteiger partial charge in [-0.2, -0.15) is 0 Å². The summed E-state index contributed by atoms with van der Waals surface area (Å²) in [7, 11) is 0. The Kier molecular flexibility index (Phi) is 5.61. The molecule has 34 heavy (non-hydrogen) atoms. The van der Waals surface area contributed by atoms with Crippen LogP contribution in [0.4, 0.5) is 10.1 Å². The van der Waals surface area contributed by atoms with Crippen molar-refractivity contribution >= 4 is 39.1 Å². The average molecular weight is 478 g/mol. The summed E-state index contributed by atoms with van der Waals surface area (Å²) in [4.78, 5) is 30.0. The molecule has 0 aliphatic carbocycles. The van der Waals surface area contributed by atoms with Crippen molar-refractivity contribution in [3.63, 3.8) is 0 Å². The van der Waals surface area contributed by atoms with Gasteiger partial charge in [0.15, 0.2) is 0 Å². The van der Waals surface area contributed by atoms with Crippen LogP contribution in [0, 0.1) is 5.82 Å². The standard InChI is InChI=1S/C26H24FN3O3S/c1-3-33-21-10-8-20(9-11-21)30-23(31)22-14-18-12-13-34-24(18)29(22)16-26(30,2)25(32)28-15-17-4-6-19(27)7-5-17/h4-14H,3,15-16H2,1-2H3,(H,28,32)/t26-/m0/s1. The molecule has 0 saturated carbocycles. The molecule has 0 saturated heterocycles. The average Bonchev–Trinajstić information content (AvgIpc) is 3.42. The molecule has 0 fully saturated rings. The number of rotatable bonds is 6. The molecule has 8 heteroatoms. The normalized spacial score (nSPS) is 17.6. The summed E-state index contributed by atoms with van der Waals surface area (Å²) < 4.78 is 20.7. The first kappa shape index (κ1) is 22.2. The number of aromatic nitrogens is 1. The first-order chi connectivity index (χ1) is 16.4. The van der Waals surface area contributed by atoms with Crippen LogP contribution in [-0.2, 0) is 17.9 Å². The summed E-state index contributed by atoms with van der Waals surface area (Å²) >= 11 is 1.55. The van der Waals surface area contributed by atoms with Crippen molar-refractivity contribution in [2.45, 2.75) is 32.5 Å². The van der Waals surface area contributed by atoms with Gasteiger partial charge in [-0.15, -0.1) is 11.3 Å². The smallest absolute Gasteiger partial charge is 0.275 e. The van der Waals surface area contributed by atoms with Gasteiger partial charge in [-0.3, -0.25) is 14.5 Å². The zero-order valence-electron chi connectivity index (χ0n) is 18.9.